The molecule has 0 aromatic heterocycles. The standard InChI is InChI=1S/C20H21FO2.C2H6/c1-7-15-17(21)9-8-13-10-14(23-19(22)20(4,5)6)11-16(12(2)3)18(13)15;1-2/h1,8-12H,2-6H3;1-2H3. The molecule has 0 amide bonds. The molecule has 0 saturated heterocycles. The second kappa shape index (κ2) is 8.16. The van der Waals surface area contributed by atoms with Crippen LogP contribution in [0, 0.1) is 23.6 Å². The topological polar surface area (TPSA) is 26.3 Å². The van der Waals surface area contributed by atoms with Gasteiger partial charge in [-0.3, -0.25) is 4.79 Å². The molecule has 0 fully saturated rings. The van der Waals surface area contributed by atoms with Crippen LogP contribution in [0.15, 0.2) is 24.3 Å². The molecule has 2 aromatic carbocycles. The Balaban J connectivity index is 0.00000151. The van der Waals surface area contributed by atoms with E-state index in [1.807, 2.05) is 27.7 Å². The van der Waals surface area contributed by atoms with Crippen molar-refractivity contribution in [2.24, 2.45) is 5.41 Å². The highest BCUT2D eigenvalue weighted by atomic mass is 19.1. The van der Waals surface area contributed by atoms with Crippen molar-refractivity contribution in [1.82, 2.24) is 0 Å². The summed E-state index contributed by atoms with van der Waals surface area (Å²) in [4.78, 5) is 12.1. The Kier molecular flexibility index (Phi) is 6.76. The number of hydrogen-bond acceptors (Lipinski definition) is 2. The van der Waals surface area contributed by atoms with Gasteiger partial charge in [-0.15, -0.1) is 6.42 Å². The number of terminal acetylenes is 1. The lowest BCUT2D eigenvalue weighted by Gasteiger charge is -2.19. The maximum atomic E-state index is 14.0. The fourth-order valence-electron chi connectivity index (χ4n) is 2.36. The second-order valence-corrected chi connectivity index (χ2v) is 6.97. The molecular weight excluding hydrogens is 315 g/mol. The second-order valence-electron chi connectivity index (χ2n) is 6.97. The predicted octanol–water partition coefficient (Wildman–Crippen LogP) is 6.06. The van der Waals surface area contributed by atoms with Gasteiger partial charge in [-0.2, -0.15) is 0 Å². The zero-order valence-corrected chi connectivity index (χ0v) is 16.2. The summed E-state index contributed by atoms with van der Waals surface area (Å²) in [5.74, 6) is 2.27. The Hall–Kier alpha value is -2.34. The molecule has 2 aromatic rings. The van der Waals surface area contributed by atoms with Crippen LogP contribution in [0.2, 0.25) is 0 Å². The van der Waals surface area contributed by atoms with Crippen molar-refractivity contribution in [1.29, 1.82) is 0 Å². The highest BCUT2D eigenvalue weighted by Crippen LogP contribution is 2.34. The van der Waals surface area contributed by atoms with Crippen molar-refractivity contribution < 1.29 is 13.9 Å². The van der Waals surface area contributed by atoms with E-state index in [4.69, 9.17) is 11.2 Å². The summed E-state index contributed by atoms with van der Waals surface area (Å²) in [5, 5.41) is 1.47. The smallest absolute Gasteiger partial charge is 0.316 e. The Labute approximate surface area is 150 Å². The van der Waals surface area contributed by atoms with Crippen LogP contribution in [0.3, 0.4) is 0 Å². The fourth-order valence-corrected chi connectivity index (χ4v) is 2.36. The van der Waals surface area contributed by atoms with Crippen LogP contribution in [0.1, 0.15) is 65.5 Å². The van der Waals surface area contributed by atoms with Crippen LogP contribution in [0.25, 0.3) is 10.8 Å². The molecule has 0 atom stereocenters. The first-order valence-electron chi connectivity index (χ1n) is 8.60. The number of rotatable bonds is 2. The molecule has 2 rings (SSSR count). The molecule has 25 heavy (non-hydrogen) atoms. The minimum atomic E-state index is -0.597. The van der Waals surface area contributed by atoms with E-state index >= 15 is 0 Å². The predicted molar refractivity (Wildman–Crippen MR) is 102 cm³/mol. The van der Waals surface area contributed by atoms with E-state index in [0.717, 1.165) is 10.9 Å². The monoisotopic (exact) mass is 342 g/mol. The van der Waals surface area contributed by atoms with Gasteiger partial charge in [0.25, 0.3) is 0 Å². The number of hydrogen-bond donors (Lipinski definition) is 0. The minimum Gasteiger partial charge on any atom is -0.426 e. The van der Waals surface area contributed by atoms with E-state index in [1.165, 1.54) is 6.07 Å². The highest BCUT2D eigenvalue weighted by Gasteiger charge is 2.24. The molecule has 0 aliphatic carbocycles. The van der Waals surface area contributed by atoms with E-state index in [9.17, 15) is 9.18 Å². The number of benzene rings is 2. The number of fused-ring (bicyclic) bond motifs is 1. The average molecular weight is 342 g/mol. The van der Waals surface area contributed by atoms with Crippen LogP contribution >= 0.6 is 0 Å². The first-order chi connectivity index (χ1) is 11.6. The van der Waals surface area contributed by atoms with Gasteiger partial charge >= 0.3 is 5.97 Å². The third-order valence-electron chi connectivity index (χ3n) is 3.66. The Morgan fingerprint density at radius 3 is 2.28 bits per heavy atom. The summed E-state index contributed by atoms with van der Waals surface area (Å²) in [6.45, 7) is 13.4. The SMILES string of the molecule is C#Cc1c(F)ccc2cc(OC(=O)C(C)(C)C)cc(C(C)C)c12.CC. The van der Waals surface area contributed by atoms with Crippen molar-refractivity contribution in [3.8, 4) is 18.1 Å². The van der Waals surface area contributed by atoms with Gasteiger partial charge in [-0.25, -0.2) is 4.39 Å². The van der Waals surface area contributed by atoms with Gasteiger partial charge in [0.1, 0.15) is 11.6 Å². The summed E-state index contributed by atoms with van der Waals surface area (Å²) >= 11 is 0. The number of halogens is 1. The molecule has 0 N–H and O–H groups in total. The van der Waals surface area contributed by atoms with E-state index in [1.54, 1.807) is 39.0 Å². The van der Waals surface area contributed by atoms with Crippen molar-refractivity contribution >= 4 is 16.7 Å². The molecular formula is C22H27FO2. The lowest BCUT2D eigenvalue weighted by molar-refractivity contribution is -0.142. The molecule has 134 valence electrons. The maximum absolute atomic E-state index is 14.0. The van der Waals surface area contributed by atoms with Crippen LogP contribution < -0.4 is 4.74 Å². The van der Waals surface area contributed by atoms with Crippen LogP contribution in [-0.2, 0) is 4.79 Å². The first-order valence-corrected chi connectivity index (χ1v) is 8.60. The Morgan fingerprint density at radius 2 is 1.80 bits per heavy atom. The summed E-state index contributed by atoms with van der Waals surface area (Å²) in [6.07, 6.45) is 5.49. The van der Waals surface area contributed by atoms with Gasteiger partial charge in [-0.1, -0.05) is 39.7 Å². The van der Waals surface area contributed by atoms with Crippen molar-refractivity contribution in [2.45, 2.75) is 54.4 Å². The number of ether oxygens (including phenoxy) is 1. The van der Waals surface area contributed by atoms with Gasteiger partial charge in [0.05, 0.1) is 11.0 Å². The van der Waals surface area contributed by atoms with E-state index in [2.05, 4.69) is 5.92 Å². The molecule has 0 aliphatic rings. The molecule has 3 heteroatoms. The quantitative estimate of drug-likeness (QED) is 0.376. The molecule has 2 nitrogen and oxygen atoms in total. The third-order valence-corrected chi connectivity index (χ3v) is 3.66. The lowest BCUT2D eigenvalue weighted by atomic mass is 9.92. The van der Waals surface area contributed by atoms with E-state index in [0.29, 0.717) is 11.1 Å². The summed E-state index contributed by atoms with van der Waals surface area (Å²) in [7, 11) is 0. The van der Waals surface area contributed by atoms with Gasteiger partial charge in [0, 0.05) is 5.39 Å². The zero-order chi connectivity index (χ0) is 19.4. The molecule has 0 aliphatic heterocycles. The Morgan fingerprint density at radius 1 is 1.20 bits per heavy atom. The van der Waals surface area contributed by atoms with Crippen LogP contribution in [0.4, 0.5) is 4.39 Å². The van der Waals surface area contributed by atoms with Crippen molar-refractivity contribution in [2.75, 3.05) is 0 Å². The minimum absolute atomic E-state index is 0.111. The highest BCUT2D eigenvalue weighted by molar-refractivity contribution is 5.93. The normalized spacial score (nSPS) is 10.9. The van der Waals surface area contributed by atoms with E-state index in [-0.39, 0.29) is 17.5 Å². The molecule has 0 spiro atoms. The third kappa shape index (κ3) is 4.60. The Bertz CT molecular complexity index is 805. The lowest BCUT2D eigenvalue weighted by Crippen LogP contribution is -2.25. The maximum Gasteiger partial charge on any atom is 0.316 e. The number of carbonyl (C=O) groups excluding carboxylic acids is 1. The van der Waals surface area contributed by atoms with Gasteiger partial charge in [0.2, 0.25) is 0 Å². The number of carbonyl (C=O) groups is 1. The van der Waals surface area contributed by atoms with Crippen LogP contribution in [-0.4, -0.2) is 5.97 Å². The fraction of sp³-hybridized carbons (Fsp3) is 0.409. The van der Waals surface area contributed by atoms with Crippen LogP contribution in [0.5, 0.6) is 5.75 Å². The van der Waals surface area contributed by atoms with Crippen molar-refractivity contribution in [3.05, 3.63) is 41.2 Å². The summed E-state index contributed by atoms with van der Waals surface area (Å²) in [5.41, 5.74) is 0.520. The zero-order valence-electron chi connectivity index (χ0n) is 16.2. The van der Waals surface area contributed by atoms with Crippen molar-refractivity contribution in [3.63, 3.8) is 0 Å². The molecule has 0 heterocycles. The summed E-state index contributed by atoms with van der Waals surface area (Å²) in [6, 6.07) is 6.50. The van der Waals surface area contributed by atoms with E-state index < -0.39 is 11.2 Å². The molecule has 0 bridgehead atoms. The largest absolute Gasteiger partial charge is 0.426 e. The average Bonchev–Trinajstić information content (AvgIpc) is 2.55. The summed E-state index contributed by atoms with van der Waals surface area (Å²) < 4.78 is 19.5. The van der Waals surface area contributed by atoms with Gasteiger partial charge in [-0.05, 0) is 55.8 Å². The molecule has 0 unspecified atom stereocenters. The molecule has 0 saturated carbocycles. The number of esters is 1. The molecule has 0 radical (unpaired) electrons. The van der Waals surface area contributed by atoms with Gasteiger partial charge in [0.15, 0.2) is 0 Å². The first kappa shape index (κ1) is 20.7. The van der Waals surface area contributed by atoms with Gasteiger partial charge < -0.3 is 4.74 Å².